The molecule has 3 aliphatic carbocycles. The molecule has 0 bridgehead atoms. The summed E-state index contributed by atoms with van der Waals surface area (Å²) in [5.74, 6) is 3.54. The number of rotatable bonds is 4. The van der Waals surface area contributed by atoms with Crippen LogP contribution in [0.4, 0.5) is 4.79 Å². The molecule has 0 aromatic heterocycles. The molecular weight excluding hydrogens is 376 g/mol. The van der Waals surface area contributed by atoms with E-state index >= 15 is 0 Å². The first-order chi connectivity index (χ1) is 14.2. The Morgan fingerprint density at radius 1 is 1.10 bits per heavy atom. The molecule has 0 spiro atoms. The Morgan fingerprint density at radius 3 is 2.57 bits per heavy atom. The van der Waals surface area contributed by atoms with Crippen LogP contribution in [0.5, 0.6) is 0 Å². The minimum absolute atomic E-state index is 0.257. The predicted molar refractivity (Wildman–Crippen MR) is 118 cm³/mol. The van der Waals surface area contributed by atoms with E-state index in [-0.39, 0.29) is 11.5 Å². The lowest BCUT2D eigenvalue weighted by Gasteiger charge is -2.61. The molecule has 170 valence electrons. The number of likely N-dealkylation sites (tertiary alicyclic amines) is 1. The number of hydrogen-bond donors (Lipinski definition) is 1. The molecule has 4 fully saturated rings. The van der Waals surface area contributed by atoms with E-state index in [0.717, 1.165) is 43.6 Å². The highest BCUT2D eigenvalue weighted by atomic mass is 16.5. The zero-order chi connectivity index (χ0) is 21.7. The van der Waals surface area contributed by atoms with Crippen molar-refractivity contribution >= 4 is 12.0 Å². The third kappa shape index (κ3) is 3.54. The fourth-order valence-corrected chi connectivity index (χ4v) is 8.09. The minimum atomic E-state index is -0.257. The largest absolute Gasteiger partial charge is 0.449 e. The summed E-state index contributed by atoms with van der Waals surface area (Å²) in [6.07, 6.45) is 9.00. The summed E-state index contributed by atoms with van der Waals surface area (Å²) >= 11 is 0. The third-order valence-electron chi connectivity index (χ3n) is 9.79. The van der Waals surface area contributed by atoms with Crippen LogP contribution in [-0.2, 0) is 9.53 Å². The number of ether oxygens (including phenoxy) is 1. The van der Waals surface area contributed by atoms with Crippen molar-refractivity contribution in [1.82, 2.24) is 10.2 Å². The highest BCUT2D eigenvalue weighted by Gasteiger charge is 2.60. The maximum atomic E-state index is 12.3. The van der Waals surface area contributed by atoms with Crippen LogP contribution < -0.4 is 5.32 Å². The molecule has 1 N–H and O–H groups in total. The molecule has 1 aliphatic heterocycles. The Labute approximate surface area is 182 Å². The van der Waals surface area contributed by atoms with Crippen LogP contribution in [0, 0.1) is 40.4 Å². The second-order valence-electron chi connectivity index (χ2n) is 11.7. The average Bonchev–Trinajstić information content (AvgIpc) is 3.04. The van der Waals surface area contributed by atoms with Crippen LogP contribution >= 0.6 is 0 Å². The van der Waals surface area contributed by atoms with Gasteiger partial charge in [0, 0.05) is 26.1 Å². The van der Waals surface area contributed by atoms with Crippen LogP contribution in [0.2, 0.25) is 0 Å². The Kier molecular flexibility index (Phi) is 5.87. The van der Waals surface area contributed by atoms with Crippen LogP contribution in [-0.4, -0.2) is 43.1 Å². The highest BCUT2D eigenvalue weighted by Crippen LogP contribution is 2.66. The standard InChI is InChI=1S/C25H42N2O3/c1-16(2)15-30-23(29)26-14-17-6-8-19-18-7-9-21-25(4,13-11-22(28)27(21)5)20(18)10-12-24(17,19)3/h16-21H,6-15H2,1-5H3,(H,26,29)/t17-,18+,19+,20+,21-,24-,25-/m1/s1. The highest BCUT2D eigenvalue weighted by molar-refractivity contribution is 5.77. The maximum Gasteiger partial charge on any atom is 0.407 e. The molecule has 7 atom stereocenters. The molecule has 0 radical (unpaired) electrons. The van der Waals surface area contributed by atoms with Gasteiger partial charge in [0.1, 0.15) is 0 Å². The molecule has 0 aromatic rings. The van der Waals surface area contributed by atoms with Crippen molar-refractivity contribution in [2.24, 2.45) is 40.4 Å². The molecule has 30 heavy (non-hydrogen) atoms. The quantitative estimate of drug-likeness (QED) is 0.710. The van der Waals surface area contributed by atoms with Crippen molar-refractivity contribution in [2.45, 2.75) is 85.1 Å². The number of fused-ring (bicyclic) bond motifs is 5. The lowest BCUT2D eigenvalue weighted by molar-refractivity contribution is -0.158. The van der Waals surface area contributed by atoms with Gasteiger partial charge in [0.15, 0.2) is 0 Å². The molecule has 5 heteroatoms. The van der Waals surface area contributed by atoms with E-state index in [1.54, 1.807) is 0 Å². The summed E-state index contributed by atoms with van der Waals surface area (Å²) < 4.78 is 5.33. The summed E-state index contributed by atoms with van der Waals surface area (Å²) in [6.45, 7) is 10.3. The average molecular weight is 419 g/mol. The number of alkyl carbamates (subject to hydrolysis) is 1. The van der Waals surface area contributed by atoms with Gasteiger partial charge in [-0.3, -0.25) is 4.79 Å². The van der Waals surface area contributed by atoms with Gasteiger partial charge in [-0.05, 0) is 85.4 Å². The van der Waals surface area contributed by atoms with Crippen LogP contribution in [0.15, 0.2) is 0 Å². The molecule has 4 rings (SSSR count). The molecule has 4 aliphatic rings. The van der Waals surface area contributed by atoms with E-state index in [1.165, 1.54) is 32.1 Å². The van der Waals surface area contributed by atoms with Crippen molar-refractivity contribution in [3.05, 3.63) is 0 Å². The lowest BCUT2D eigenvalue weighted by atomic mass is 9.47. The summed E-state index contributed by atoms with van der Waals surface area (Å²) in [5.41, 5.74) is 0.607. The van der Waals surface area contributed by atoms with Gasteiger partial charge < -0.3 is 15.0 Å². The first-order valence-electron chi connectivity index (χ1n) is 12.3. The van der Waals surface area contributed by atoms with Crippen molar-refractivity contribution in [1.29, 1.82) is 0 Å². The van der Waals surface area contributed by atoms with Gasteiger partial charge in [0.25, 0.3) is 0 Å². The number of nitrogens with zero attached hydrogens (tertiary/aromatic N) is 1. The zero-order valence-electron chi connectivity index (χ0n) is 19.7. The molecule has 2 amide bonds. The molecule has 0 unspecified atom stereocenters. The van der Waals surface area contributed by atoms with Crippen LogP contribution in [0.25, 0.3) is 0 Å². The molecule has 1 saturated heterocycles. The lowest BCUT2D eigenvalue weighted by Crippen LogP contribution is -2.61. The SMILES string of the molecule is CC(C)COC(=O)NC[C@H]1CC[C@H]2[C@@H]3CC[C@H]4N(C)C(=O)CC[C@]4(C)[C@H]3CC[C@]12C. The second-order valence-corrected chi connectivity index (χ2v) is 11.7. The van der Waals surface area contributed by atoms with E-state index < -0.39 is 0 Å². The smallest absolute Gasteiger partial charge is 0.407 e. The van der Waals surface area contributed by atoms with Crippen molar-refractivity contribution in [3.63, 3.8) is 0 Å². The van der Waals surface area contributed by atoms with Crippen LogP contribution in [0.3, 0.4) is 0 Å². The number of amides is 2. The first-order valence-corrected chi connectivity index (χ1v) is 12.3. The van der Waals surface area contributed by atoms with Gasteiger partial charge in [-0.25, -0.2) is 4.79 Å². The fourth-order valence-electron chi connectivity index (χ4n) is 8.09. The number of carbonyl (C=O) groups is 2. The van der Waals surface area contributed by atoms with Crippen molar-refractivity contribution in [2.75, 3.05) is 20.2 Å². The number of piperidine rings is 1. The second kappa shape index (κ2) is 8.02. The molecule has 3 saturated carbocycles. The van der Waals surface area contributed by atoms with E-state index in [2.05, 4.69) is 37.9 Å². The van der Waals surface area contributed by atoms with Crippen molar-refractivity contribution < 1.29 is 14.3 Å². The number of nitrogens with one attached hydrogen (secondary N) is 1. The van der Waals surface area contributed by atoms with Gasteiger partial charge >= 0.3 is 6.09 Å². The van der Waals surface area contributed by atoms with E-state index in [4.69, 9.17) is 4.74 Å². The molecule has 1 heterocycles. The monoisotopic (exact) mass is 418 g/mol. The summed E-state index contributed by atoms with van der Waals surface area (Å²) in [4.78, 5) is 26.5. The Bertz CT molecular complexity index is 679. The van der Waals surface area contributed by atoms with E-state index in [9.17, 15) is 9.59 Å². The first kappa shape index (κ1) is 22.0. The normalized spacial score (nSPS) is 43.1. The minimum Gasteiger partial charge on any atom is -0.449 e. The topological polar surface area (TPSA) is 58.6 Å². The zero-order valence-corrected chi connectivity index (χ0v) is 19.7. The molecule has 5 nitrogen and oxygen atoms in total. The van der Waals surface area contributed by atoms with Gasteiger partial charge in [-0.15, -0.1) is 0 Å². The summed E-state index contributed by atoms with van der Waals surface area (Å²) in [7, 11) is 2.04. The third-order valence-corrected chi connectivity index (χ3v) is 9.79. The maximum absolute atomic E-state index is 12.3. The molecule has 0 aromatic carbocycles. The summed E-state index contributed by atoms with van der Waals surface area (Å²) in [5, 5.41) is 3.07. The Morgan fingerprint density at radius 2 is 1.83 bits per heavy atom. The molecular formula is C25H42N2O3. The van der Waals surface area contributed by atoms with Gasteiger partial charge in [-0.2, -0.15) is 0 Å². The Balaban J connectivity index is 1.43. The number of hydrogen-bond acceptors (Lipinski definition) is 3. The van der Waals surface area contributed by atoms with Gasteiger partial charge in [-0.1, -0.05) is 27.7 Å². The van der Waals surface area contributed by atoms with Gasteiger partial charge in [0.2, 0.25) is 5.91 Å². The number of carbonyl (C=O) groups excluding carboxylic acids is 2. The van der Waals surface area contributed by atoms with Gasteiger partial charge in [0.05, 0.1) is 6.61 Å². The van der Waals surface area contributed by atoms with Crippen molar-refractivity contribution in [3.8, 4) is 0 Å². The van der Waals surface area contributed by atoms with Crippen LogP contribution in [0.1, 0.15) is 79.1 Å². The van der Waals surface area contributed by atoms with E-state index in [0.29, 0.717) is 35.8 Å². The summed E-state index contributed by atoms with van der Waals surface area (Å²) in [6, 6.07) is 0.430. The predicted octanol–water partition coefficient (Wildman–Crippen LogP) is 4.85. The Hall–Kier alpha value is -1.26. The fraction of sp³-hybridized carbons (Fsp3) is 0.920. The van der Waals surface area contributed by atoms with E-state index in [1.807, 2.05) is 7.05 Å².